The van der Waals surface area contributed by atoms with Crippen LogP contribution in [0.15, 0.2) is 17.3 Å². The lowest BCUT2D eigenvalue weighted by molar-refractivity contribution is -0.148. The second-order valence-corrected chi connectivity index (χ2v) is 12.4. The van der Waals surface area contributed by atoms with Gasteiger partial charge >= 0.3 is 11.9 Å². The maximum atomic E-state index is 13.3. The predicted molar refractivity (Wildman–Crippen MR) is 157 cm³/mol. The van der Waals surface area contributed by atoms with Gasteiger partial charge in [-0.1, -0.05) is 36.1 Å². The molecule has 0 saturated carbocycles. The summed E-state index contributed by atoms with van der Waals surface area (Å²) in [6, 6.07) is -0.223. The second-order valence-electron chi connectivity index (χ2n) is 9.13. The van der Waals surface area contributed by atoms with Gasteiger partial charge in [0, 0.05) is 49.6 Å². The molecule has 0 aliphatic carbocycles. The van der Waals surface area contributed by atoms with Crippen molar-refractivity contribution in [3.05, 3.63) is 28.0 Å². The highest BCUT2D eigenvalue weighted by Gasteiger charge is 2.32. The number of carbonyl (C=O) groups is 3. The van der Waals surface area contributed by atoms with E-state index in [4.69, 9.17) is 16.3 Å². The first-order valence-electron chi connectivity index (χ1n) is 12.4. The van der Waals surface area contributed by atoms with Crippen LogP contribution in [0.1, 0.15) is 94.2 Å². The number of aromatic nitrogens is 1. The number of carbonyl (C=O) groups excluding carboxylic acids is 2. The summed E-state index contributed by atoms with van der Waals surface area (Å²) in [5.41, 5.74) is 6.70. The topological polar surface area (TPSA) is 152 Å². The summed E-state index contributed by atoms with van der Waals surface area (Å²) < 4.78 is 5.57. The quantitative estimate of drug-likeness (QED) is 0.0483. The fourth-order valence-electron chi connectivity index (χ4n) is 3.84. The number of rotatable bonds is 18. The predicted octanol–water partition coefficient (Wildman–Crippen LogP) is 5.07. The third-order valence-corrected chi connectivity index (χ3v) is 7.83. The van der Waals surface area contributed by atoms with E-state index in [-0.39, 0.29) is 23.6 Å². The lowest BCUT2D eigenvalue weighted by Crippen LogP contribution is -2.45. The summed E-state index contributed by atoms with van der Waals surface area (Å²) in [5, 5.41) is 12.7. The molecular weight excluding hydrogens is 629 g/mol. The summed E-state index contributed by atoms with van der Waals surface area (Å²) in [6.45, 7) is 7.96. The normalized spacial score (nSPS) is 13.3. The number of thiazole rings is 1. The van der Waals surface area contributed by atoms with Gasteiger partial charge in [0.05, 0.1) is 5.88 Å². The van der Waals surface area contributed by atoms with E-state index in [0.717, 1.165) is 37.0 Å². The van der Waals surface area contributed by atoms with Crippen LogP contribution in [0, 0.1) is 5.92 Å². The number of hydrazine groups is 1. The Morgan fingerprint density at radius 3 is 2.51 bits per heavy atom. The Kier molecular flexibility index (Phi) is 16.1. The number of carboxylic acids is 1. The van der Waals surface area contributed by atoms with Crippen LogP contribution in [0.2, 0.25) is 0 Å². The molecule has 0 bridgehead atoms. The third kappa shape index (κ3) is 12.7. The Hall–Kier alpha value is -1.58. The molecule has 210 valence electrons. The van der Waals surface area contributed by atoms with Crippen LogP contribution in [0.25, 0.3) is 0 Å². The van der Waals surface area contributed by atoms with Crippen molar-refractivity contribution in [2.24, 2.45) is 17.5 Å². The minimum absolute atomic E-state index is 0.0585. The molecule has 5 N–H and O–H groups in total. The van der Waals surface area contributed by atoms with Crippen molar-refractivity contribution >= 4 is 59.3 Å². The molecule has 0 aliphatic rings. The minimum atomic E-state index is -1.14. The fourth-order valence-corrected chi connectivity index (χ4v) is 5.83. The number of carboxylic acid groups (broad SMARTS) is 1. The summed E-state index contributed by atoms with van der Waals surface area (Å²) >= 11 is 3.31. The standard InChI is InChI=1S/C24H40IN5O5S2/c1-5-6-10-22(32)30(11-8-7-9-18(26)13-29(27)15-37-25)20(16(2)3)12-21(35-17(4)31)23-28-19(14-36-23)24(33)34/h13-14,16,20-21H,5-12,15,26-27H2,1-4H3,(H,33,34)/b18-13-. The summed E-state index contributed by atoms with van der Waals surface area (Å²) in [4.78, 5) is 42.6. The third-order valence-electron chi connectivity index (χ3n) is 5.66. The molecule has 0 aromatic carbocycles. The van der Waals surface area contributed by atoms with E-state index < -0.39 is 18.0 Å². The van der Waals surface area contributed by atoms with Crippen molar-refractivity contribution in [2.45, 2.75) is 84.8 Å². The zero-order chi connectivity index (χ0) is 28.0. The number of nitrogens with two attached hydrogens (primary N) is 2. The van der Waals surface area contributed by atoms with Crippen molar-refractivity contribution < 1.29 is 24.2 Å². The van der Waals surface area contributed by atoms with Gasteiger partial charge in [-0.2, -0.15) is 0 Å². The molecule has 10 nitrogen and oxygen atoms in total. The lowest BCUT2D eigenvalue weighted by atomic mass is 9.95. The number of allylic oxidation sites excluding steroid dienone is 1. The molecule has 2 atom stereocenters. The number of halogens is 1. The highest BCUT2D eigenvalue weighted by molar-refractivity contribution is 14.2. The van der Waals surface area contributed by atoms with Crippen LogP contribution in [-0.4, -0.2) is 56.3 Å². The van der Waals surface area contributed by atoms with Crippen LogP contribution in [-0.2, 0) is 14.3 Å². The van der Waals surface area contributed by atoms with Gasteiger partial charge in [-0.15, -0.1) is 11.3 Å². The van der Waals surface area contributed by atoms with Crippen LogP contribution in [0.4, 0.5) is 0 Å². The molecule has 2 unspecified atom stereocenters. The molecule has 37 heavy (non-hydrogen) atoms. The van der Waals surface area contributed by atoms with E-state index in [0.29, 0.717) is 42.4 Å². The Balaban J connectivity index is 3.06. The molecule has 0 aliphatic heterocycles. The Labute approximate surface area is 240 Å². The molecule has 1 heterocycles. The average molecular weight is 670 g/mol. The summed E-state index contributed by atoms with van der Waals surface area (Å²) in [5.74, 6) is 5.01. The zero-order valence-corrected chi connectivity index (χ0v) is 25.8. The van der Waals surface area contributed by atoms with Gasteiger partial charge in [0.25, 0.3) is 0 Å². The Bertz CT molecular complexity index is 899. The monoisotopic (exact) mass is 669 g/mol. The number of nitrogens with zero attached hydrogens (tertiary/aromatic N) is 3. The number of hydrogen-bond acceptors (Lipinski definition) is 10. The van der Waals surface area contributed by atoms with Gasteiger partial charge in [-0.05, 0) is 52.8 Å². The van der Waals surface area contributed by atoms with Crippen molar-refractivity contribution in [3.63, 3.8) is 0 Å². The van der Waals surface area contributed by atoms with Crippen LogP contribution in [0.5, 0.6) is 0 Å². The maximum absolute atomic E-state index is 13.3. The first-order valence-corrected chi connectivity index (χ1v) is 16.8. The number of unbranched alkanes of at least 4 members (excludes halogenated alkanes) is 2. The van der Waals surface area contributed by atoms with E-state index in [1.165, 1.54) is 12.3 Å². The van der Waals surface area contributed by atoms with E-state index in [1.54, 1.807) is 20.1 Å². The van der Waals surface area contributed by atoms with E-state index in [9.17, 15) is 19.5 Å². The molecule has 0 spiro atoms. The van der Waals surface area contributed by atoms with Gasteiger partial charge < -0.3 is 25.5 Å². The van der Waals surface area contributed by atoms with Crippen molar-refractivity contribution in [3.8, 4) is 0 Å². The van der Waals surface area contributed by atoms with Crippen molar-refractivity contribution in [1.29, 1.82) is 0 Å². The van der Waals surface area contributed by atoms with Gasteiger partial charge in [-0.25, -0.2) is 15.6 Å². The smallest absolute Gasteiger partial charge is 0.355 e. The number of aromatic carboxylic acids is 1. The fraction of sp³-hybridized carbons (Fsp3) is 0.667. The average Bonchev–Trinajstić information content (AvgIpc) is 3.31. The van der Waals surface area contributed by atoms with Crippen LogP contribution >= 0.6 is 41.5 Å². The van der Waals surface area contributed by atoms with Crippen LogP contribution in [0.3, 0.4) is 0 Å². The Morgan fingerprint density at radius 1 is 1.27 bits per heavy atom. The Morgan fingerprint density at radius 2 is 1.97 bits per heavy atom. The molecule has 1 amide bonds. The van der Waals surface area contributed by atoms with Gasteiger partial charge in [0.1, 0.15) is 5.01 Å². The first kappa shape index (κ1) is 33.4. The number of esters is 1. The highest BCUT2D eigenvalue weighted by atomic mass is 127. The lowest BCUT2D eigenvalue weighted by Gasteiger charge is -2.36. The van der Waals surface area contributed by atoms with E-state index in [2.05, 4.69) is 26.2 Å². The molecule has 0 saturated heterocycles. The van der Waals surface area contributed by atoms with Gasteiger partial charge in [-0.3, -0.25) is 9.59 Å². The zero-order valence-electron chi connectivity index (χ0n) is 22.0. The number of amides is 1. The molecular formula is C24H40IN5O5S2. The SMILES string of the molecule is CCCCC(=O)N(CCCC/C(N)=C/N(N)CSI)C(CC(OC(C)=O)c1nc(C(=O)O)cs1)C(C)C. The minimum Gasteiger partial charge on any atom is -0.476 e. The van der Waals surface area contributed by atoms with E-state index in [1.807, 2.05) is 25.7 Å². The largest absolute Gasteiger partial charge is 0.476 e. The second kappa shape index (κ2) is 17.8. The van der Waals surface area contributed by atoms with Gasteiger partial charge in [0.15, 0.2) is 11.8 Å². The molecule has 13 heteroatoms. The molecule has 1 aromatic heterocycles. The summed E-state index contributed by atoms with van der Waals surface area (Å²) in [7, 11) is 1.57. The maximum Gasteiger partial charge on any atom is 0.355 e. The van der Waals surface area contributed by atoms with Crippen LogP contribution < -0.4 is 11.6 Å². The first-order chi connectivity index (χ1) is 17.5. The number of hydrogen-bond donors (Lipinski definition) is 3. The van der Waals surface area contributed by atoms with Gasteiger partial charge in [0.2, 0.25) is 5.91 Å². The van der Waals surface area contributed by atoms with E-state index >= 15 is 0 Å². The highest BCUT2D eigenvalue weighted by Crippen LogP contribution is 2.31. The molecule has 1 aromatic rings. The van der Waals surface area contributed by atoms with Crippen molar-refractivity contribution in [1.82, 2.24) is 14.9 Å². The molecule has 0 radical (unpaired) electrons. The van der Waals surface area contributed by atoms with Crippen molar-refractivity contribution in [2.75, 3.05) is 12.4 Å². The summed E-state index contributed by atoms with van der Waals surface area (Å²) in [6.07, 6.45) is 5.67. The molecule has 1 rings (SSSR count). The number of ether oxygens (including phenoxy) is 1. The molecule has 0 fully saturated rings.